The topological polar surface area (TPSA) is 79.5 Å². The fourth-order valence-corrected chi connectivity index (χ4v) is 4.66. The van der Waals surface area contributed by atoms with Gasteiger partial charge in [-0.3, -0.25) is 4.90 Å². The molecule has 0 N–H and O–H groups in total. The number of nitrogens with zero attached hydrogens (tertiary/aromatic N) is 4. The van der Waals surface area contributed by atoms with E-state index in [-0.39, 0.29) is 0 Å². The van der Waals surface area contributed by atoms with Crippen molar-refractivity contribution in [2.75, 3.05) is 26.2 Å². The zero-order chi connectivity index (χ0) is 18.1. The lowest BCUT2D eigenvalue weighted by atomic mass is 10.1. The maximum absolute atomic E-state index is 13.0. The van der Waals surface area contributed by atoms with Crippen LogP contribution in [0.1, 0.15) is 11.8 Å². The zero-order valence-corrected chi connectivity index (χ0v) is 15.3. The summed E-state index contributed by atoms with van der Waals surface area (Å²) in [5.41, 5.74) is 0. The molecule has 0 amide bonds. The first-order valence-electron chi connectivity index (χ1n) is 8.53. The summed E-state index contributed by atoms with van der Waals surface area (Å²) in [7, 11) is -3.49. The first-order valence-corrected chi connectivity index (χ1v) is 9.97. The van der Waals surface area contributed by atoms with E-state index in [0.717, 1.165) is 10.8 Å². The maximum Gasteiger partial charge on any atom is 0.243 e. The SMILES string of the molecule is Cc1nnc(CN2CCN(S(=O)(=O)c3ccc4ccccc4c3)CC2)o1. The Morgan fingerprint density at radius 2 is 1.73 bits per heavy atom. The predicted octanol–water partition coefficient (Wildman–Crippen LogP) is 2.04. The Balaban J connectivity index is 1.46. The molecule has 4 rings (SSSR count). The fraction of sp³-hybridized carbons (Fsp3) is 0.333. The van der Waals surface area contributed by atoms with Crippen LogP contribution in [0, 0.1) is 6.92 Å². The van der Waals surface area contributed by atoms with Crippen molar-refractivity contribution in [2.45, 2.75) is 18.4 Å². The van der Waals surface area contributed by atoms with Gasteiger partial charge < -0.3 is 4.42 Å². The Kier molecular flexibility index (Phi) is 4.47. The van der Waals surface area contributed by atoms with Crippen LogP contribution in [0.3, 0.4) is 0 Å². The summed E-state index contributed by atoms with van der Waals surface area (Å²) >= 11 is 0. The highest BCUT2D eigenvalue weighted by Gasteiger charge is 2.29. The Morgan fingerprint density at radius 1 is 1.00 bits per heavy atom. The standard InChI is InChI=1S/C18H20N4O3S/c1-14-19-20-18(25-14)13-21-8-10-22(11-9-21)26(23,24)17-7-6-15-4-2-3-5-16(15)12-17/h2-7,12H,8-11,13H2,1H3. The summed E-state index contributed by atoms with van der Waals surface area (Å²) in [6.45, 7) is 4.46. The molecule has 8 heteroatoms. The lowest BCUT2D eigenvalue weighted by molar-refractivity contribution is 0.167. The minimum absolute atomic E-state index is 0.345. The van der Waals surface area contributed by atoms with E-state index in [0.29, 0.717) is 49.4 Å². The molecule has 2 aromatic carbocycles. The van der Waals surface area contributed by atoms with Crippen molar-refractivity contribution in [2.24, 2.45) is 0 Å². The van der Waals surface area contributed by atoms with E-state index in [4.69, 9.17) is 4.42 Å². The summed E-state index contributed by atoms with van der Waals surface area (Å²) in [4.78, 5) is 2.47. The maximum atomic E-state index is 13.0. The van der Waals surface area contributed by atoms with Crippen LogP contribution in [0.15, 0.2) is 51.8 Å². The highest BCUT2D eigenvalue weighted by atomic mass is 32.2. The third-order valence-electron chi connectivity index (χ3n) is 4.62. The van der Waals surface area contributed by atoms with Gasteiger partial charge in [0, 0.05) is 33.1 Å². The number of piperazine rings is 1. The number of hydrogen-bond acceptors (Lipinski definition) is 6. The Hall–Kier alpha value is -2.29. The largest absolute Gasteiger partial charge is 0.424 e. The second kappa shape index (κ2) is 6.79. The summed E-state index contributed by atoms with van der Waals surface area (Å²) in [5.74, 6) is 1.10. The highest BCUT2D eigenvalue weighted by molar-refractivity contribution is 7.89. The molecule has 136 valence electrons. The Morgan fingerprint density at radius 3 is 2.42 bits per heavy atom. The van der Waals surface area contributed by atoms with Gasteiger partial charge in [0.1, 0.15) is 0 Å². The molecule has 0 aliphatic carbocycles. The minimum Gasteiger partial charge on any atom is -0.424 e. The predicted molar refractivity (Wildman–Crippen MR) is 97.0 cm³/mol. The summed E-state index contributed by atoms with van der Waals surface area (Å²) in [5, 5.41) is 9.78. The number of sulfonamides is 1. The molecule has 26 heavy (non-hydrogen) atoms. The summed E-state index contributed by atoms with van der Waals surface area (Å²) in [6, 6.07) is 13.1. The third-order valence-corrected chi connectivity index (χ3v) is 6.51. The van der Waals surface area contributed by atoms with Crippen molar-refractivity contribution in [3.05, 3.63) is 54.2 Å². The van der Waals surface area contributed by atoms with E-state index in [1.807, 2.05) is 30.3 Å². The lowest BCUT2D eigenvalue weighted by Crippen LogP contribution is -2.48. The number of aryl methyl sites for hydroxylation is 1. The van der Waals surface area contributed by atoms with Crippen LogP contribution >= 0.6 is 0 Å². The molecule has 0 radical (unpaired) electrons. The molecule has 0 spiro atoms. The molecule has 0 atom stereocenters. The molecule has 0 saturated carbocycles. The average Bonchev–Trinajstić information content (AvgIpc) is 3.06. The number of rotatable bonds is 4. The van der Waals surface area contributed by atoms with Gasteiger partial charge in [0.2, 0.25) is 21.8 Å². The van der Waals surface area contributed by atoms with E-state index in [2.05, 4.69) is 15.1 Å². The Bertz CT molecular complexity index is 1020. The van der Waals surface area contributed by atoms with Crippen LogP contribution in [-0.4, -0.2) is 54.0 Å². The molecular formula is C18H20N4O3S. The number of aromatic nitrogens is 2. The molecule has 1 saturated heterocycles. The van der Waals surface area contributed by atoms with Crippen molar-refractivity contribution in [1.29, 1.82) is 0 Å². The van der Waals surface area contributed by atoms with Gasteiger partial charge in [-0.2, -0.15) is 4.31 Å². The van der Waals surface area contributed by atoms with Gasteiger partial charge >= 0.3 is 0 Å². The number of hydrogen-bond donors (Lipinski definition) is 0. The highest BCUT2D eigenvalue weighted by Crippen LogP contribution is 2.23. The van der Waals surface area contributed by atoms with Crippen LogP contribution in [0.2, 0.25) is 0 Å². The van der Waals surface area contributed by atoms with Gasteiger partial charge in [-0.25, -0.2) is 8.42 Å². The van der Waals surface area contributed by atoms with Gasteiger partial charge in [-0.05, 0) is 22.9 Å². The minimum atomic E-state index is -3.49. The van der Waals surface area contributed by atoms with Crippen LogP contribution in [-0.2, 0) is 16.6 Å². The summed E-state index contributed by atoms with van der Waals surface area (Å²) in [6.07, 6.45) is 0. The van der Waals surface area contributed by atoms with Crippen molar-refractivity contribution in [3.63, 3.8) is 0 Å². The summed E-state index contributed by atoms with van der Waals surface area (Å²) < 4.78 is 32.9. The van der Waals surface area contributed by atoms with E-state index < -0.39 is 10.0 Å². The lowest BCUT2D eigenvalue weighted by Gasteiger charge is -2.33. The molecule has 7 nitrogen and oxygen atoms in total. The first kappa shape index (κ1) is 17.1. The van der Waals surface area contributed by atoms with Gasteiger partial charge in [0.25, 0.3) is 0 Å². The molecule has 1 fully saturated rings. The normalized spacial score (nSPS) is 17.0. The van der Waals surface area contributed by atoms with Crippen LogP contribution < -0.4 is 0 Å². The molecule has 1 aliphatic heterocycles. The van der Waals surface area contributed by atoms with E-state index in [9.17, 15) is 8.42 Å². The average molecular weight is 372 g/mol. The van der Waals surface area contributed by atoms with Crippen molar-refractivity contribution in [1.82, 2.24) is 19.4 Å². The van der Waals surface area contributed by atoms with Crippen molar-refractivity contribution >= 4 is 20.8 Å². The number of fused-ring (bicyclic) bond motifs is 1. The second-order valence-electron chi connectivity index (χ2n) is 6.40. The van der Waals surface area contributed by atoms with Crippen LogP contribution in [0.25, 0.3) is 10.8 Å². The van der Waals surface area contributed by atoms with Gasteiger partial charge in [0.05, 0.1) is 11.4 Å². The first-order chi connectivity index (χ1) is 12.5. The molecule has 1 aromatic heterocycles. The zero-order valence-electron chi connectivity index (χ0n) is 14.5. The molecule has 2 heterocycles. The fourth-order valence-electron chi connectivity index (χ4n) is 3.20. The molecular weight excluding hydrogens is 352 g/mol. The smallest absolute Gasteiger partial charge is 0.243 e. The van der Waals surface area contributed by atoms with E-state index in [1.54, 1.807) is 23.4 Å². The Labute approximate surface area is 152 Å². The second-order valence-corrected chi connectivity index (χ2v) is 8.34. The molecule has 0 bridgehead atoms. The molecule has 3 aromatic rings. The van der Waals surface area contributed by atoms with Gasteiger partial charge in [0.15, 0.2) is 0 Å². The van der Waals surface area contributed by atoms with Gasteiger partial charge in [-0.1, -0.05) is 30.3 Å². The van der Waals surface area contributed by atoms with Gasteiger partial charge in [-0.15, -0.1) is 10.2 Å². The molecule has 1 aliphatic rings. The van der Waals surface area contributed by atoms with E-state index >= 15 is 0 Å². The van der Waals surface area contributed by atoms with Crippen LogP contribution in [0.4, 0.5) is 0 Å². The monoisotopic (exact) mass is 372 g/mol. The van der Waals surface area contributed by atoms with Crippen LogP contribution in [0.5, 0.6) is 0 Å². The number of benzene rings is 2. The molecule has 0 unspecified atom stereocenters. The van der Waals surface area contributed by atoms with Crippen molar-refractivity contribution in [3.8, 4) is 0 Å². The third kappa shape index (κ3) is 3.35. The van der Waals surface area contributed by atoms with Crippen molar-refractivity contribution < 1.29 is 12.8 Å². The quantitative estimate of drug-likeness (QED) is 0.697. The van der Waals surface area contributed by atoms with E-state index in [1.165, 1.54) is 0 Å².